The first kappa shape index (κ1) is 20.6. The summed E-state index contributed by atoms with van der Waals surface area (Å²) >= 11 is 0. The number of nitrogens with one attached hydrogen (secondary N) is 1. The van der Waals surface area contributed by atoms with E-state index in [1.165, 1.54) is 7.11 Å². The van der Waals surface area contributed by atoms with Crippen LogP contribution in [-0.2, 0) is 4.74 Å². The van der Waals surface area contributed by atoms with E-state index in [4.69, 9.17) is 9.47 Å². The Morgan fingerprint density at radius 3 is 2.60 bits per heavy atom. The van der Waals surface area contributed by atoms with Crippen LogP contribution in [0.2, 0.25) is 0 Å². The molecule has 0 spiro atoms. The van der Waals surface area contributed by atoms with Crippen molar-refractivity contribution in [2.75, 3.05) is 43.7 Å². The van der Waals surface area contributed by atoms with E-state index in [1.807, 2.05) is 4.90 Å². The Balaban J connectivity index is 1.86. The summed E-state index contributed by atoms with van der Waals surface area (Å²) in [5.41, 5.74) is 0.863. The first-order chi connectivity index (χ1) is 14.4. The van der Waals surface area contributed by atoms with Gasteiger partial charge in [0.2, 0.25) is 11.7 Å². The number of morpholine rings is 1. The molecule has 1 aromatic carbocycles. The number of non-ortho nitro benzene ring substituents is 1. The number of nitrogens with zero attached hydrogens (tertiary/aromatic N) is 7. The lowest BCUT2D eigenvalue weighted by Gasteiger charge is -2.26. The molecule has 1 saturated heterocycles. The monoisotopic (exact) mass is 420 g/mol. The molecule has 0 amide bonds. The first-order valence-electron chi connectivity index (χ1n) is 8.46. The number of aromatic nitrogens is 3. The van der Waals surface area contributed by atoms with Gasteiger partial charge in [0.1, 0.15) is 0 Å². The molecule has 2 heterocycles. The molecule has 15 heteroatoms. The van der Waals surface area contributed by atoms with Gasteiger partial charge in [0, 0.05) is 19.2 Å². The summed E-state index contributed by atoms with van der Waals surface area (Å²) in [7, 11) is 1.38. The van der Waals surface area contributed by atoms with Crippen molar-refractivity contribution in [3.05, 3.63) is 37.9 Å². The molecular formula is C15H16N8O7. The van der Waals surface area contributed by atoms with Crippen molar-refractivity contribution in [2.24, 2.45) is 5.10 Å². The lowest BCUT2D eigenvalue weighted by atomic mass is 10.1. The summed E-state index contributed by atoms with van der Waals surface area (Å²) in [5, 5.41) is 35.8. The number of phenolic OH excluding ortho intramolecular Hbond substituents is 1. The van der Waals surface area contributed by atoms with Crippen LogP contribution in [0.1, 0.15) is 5.56 Å². The number of aromatic hydroxyl groups is 1. The number of ether oxygens (including phenoxy) is 2. The Hall–Kier alpha value is -4.14. The second-order valence-corrected chi connectivity index (χ2v) is 5.83. The number of benzene rings is 1. The Labute approximate surface area is 168 Å². The van der Waals surface area contributed by atoms with Crippen LogP contribution in [0.15, 0.2) is 17.2 Å². The van der Waals surface area contributed by atoms with Gasteiger partial charge in [0.15, 0.2) is 0 Å². The summed E-state index contributed by atoms with van der Waals surface area (Å²) < 4.78 is 10.3. The fraction of sp³-hybridized carbons (Fsp3) is 0.333. The fourth-order valence-electron chi connectivity index (χ4n) is 2.52. The zero-order chi connectivity index (χ0) is 21.7. The normalized spacial score (nSPS) is 14.0. The van der Waals surface area contributed by atoms with Crippen LogP contribution in [0.5, 0.6) is 11.8 Å². The SMILES string of the molecule is COc1nc(N/N=C\c2cc([N+](=O)[O-])cc([N+](=O)[O-])c2O)nc(N2CCOCC2)n1. The van der Waals surface area contributed by atoms with Crippen LogP contribution >= 0.6 is 0 Å². The van der Waals surface area contributed by atoms with Gasteiger partial charge in [-0.1, -0.05) is 0 Å². The van der Waals surface area contributed by atoms with Crippen molar-refractivity contribution in [1.82, 2.24) is 15.0 Å². The van der Waals surface area contributed by atoms with Crippen LogP contribution in [0.25, 0.3) is 0 Å². The summed E-state index contributed by atoms with van der Waals surface area (Å²) in [4.78, 5) is 34.5. The minimum Gasteiger partial charge on any atom is -0.502 e. The number of methoxy groups -OCH3 is 1. The lowest BCUT2D eigenvalue weighted by Crippen LogP contribution is -2.37. The van der Waals surface area contributed by atoms with Gasteiger partial charge in [-0.15, -0.1) is 0 Å². The number of anilines is 2. The van der Waals surface area contributed by atoms with Crippen molar-refractivity contribution in [3.8, 4) is 11.8 Å². The van der Waals surface area contributed by atoms with Gasteiger partial charge >= 0.3 is 11.7 Å². The smallest absolute Gasteiger partial charge is 0.322 e. The highest BCUT2D eigenvalue weighted by atomic mass is 16.6. The standard InChI is InChI=1S/C15H16N8O7/c1-29-15-18-13(17-14(19-15)21-2-4-30-5-3-21)20-16-8-9-6-10(22(25)26)7-11(12(9)24)23(27)28/h6-8,24H,2-5H2,1H3,(H,17,18,19,20)/b16-8-. The third kappa shape index (κ3) is 4.64. The molecule has 1 fully saturated rings. The molecule has 30 heavy (non-hydrogen) atoms. The van der Waals surface area contributed by atoms with Crippen molar-refractivity contribution in [2.45, 2.75) is 0 Å². The molecule has 1 aliphatic rings. The highest BCUT2D eigenvalue weighted by Gasteiger charge is 2.23. The zero-order valence-electron chi connectivity index (χ0n) is 15.6. The highest BCUT2D eigenvalue weighted by molar-refractivity contribution is 5.87. The molecule has 0 unspecified atom stereocenters. The maximum absolute atomic E-state index is 11.0. The van der Waals surface area contributed by atoms with E-state index in [1.54, 1.807) is 0 Å². The topological polar surface area (TPSA) is 191 Å². The molecule has 3 rings (SSSR count). The van der Waals surface area contributed by atoms with Crippen LogP contribution in [-0.4, -0.2) is 69.5 Å². The summed E-state index contributed by atoms with van der Waals surface area (Å²) in [6, 6.07) is 1.63. The predicted molar refractivity (Wildman–Crippen MR) is 102 cm³/mol. The summed E-state index contributed by atoms with van der Waals surface area (Å²) in [6.45, 7) is 2.17. The maximum Gasteiger partial charge on any atom is 0.322 e. The van der Waals surface area contributed by atoms with Gasteiger partial charge in [-0.05, 0) is 0 Å². The summed E-state index contributed by atoms with van der Waals surface area (Å²) in [5.74, 6) is -0.436. The Morgan fingerprint density at radius 1 is 1.23 bits per heavy atom. The molecule has 2 N–H and O–H groups in total. The van der Waals surface area contributed by atoms with Gasteiger partial charge in [-0.2, -0.15) is 20.1 Å². The maximum atomic E-state index is 11.0. The number of rotatable bonds is 7. The third-order valence-corrected chi connectivity index (χ3v) is 3.96. The quantitative estimate of drug-likeness (QED) is 0.362. The largest absolute Gasteiger partial charge is 0.502 e. The number of nitro benzene ring substituents is 2. The van der Waals surface area contributed by atoms with E-state index in [9.17, 15) is 25.3 Å². The Kier molecular flexibility index (Phi) is 6.11. The van der Waals surface area contributed by atoms with Crippen LogP contribution < -0.4 is 15.1 Å². The Morgan fingerprint density at radius 2 is 1.97 bits per heavy atom. The second kappa shape index (κ2) is 8.91. The molecule has 0 atom stereocenters. The van der Waals surface area contributed by atoms with E-state index in [-0.39, 0.29) is 17.5 Å². The van der Waals surface area contributed by atoms with Gasteiger partial charge in [-0.3, -0.25) is 20.2 Å². The summed E-state index contributed by atoms with van der Waals surface area (Å²) in [6.07, 6.45) is 0.972. The lowest BCUT2D eigenvalue weighted by molar-refractivity contribution is -0.394. The van der Waals surface area contributed by atoms with E-state index >= 15 is 0 Å². The van der Waals surface area contributed by atoms with Crippen molar-refractivity contribution in [3.63, 3.8) is 0 Å². The van der Waals surface area contributed by atoms with Crippen molar-refractivity contribution in [1.29, 1.82) is 0 Å². The molecule has 0 radical (unpaired) electrons. The minimum absolute atomic E-state index is 0.000915. The number of hydrazone groups is 1. The molecule has 15 nitrogen and oxygen atoms in total. The van der Waals surface area contributed by atoms with Crippen LogP contribution in [0.4, 0.5) is 23.3 Å². The van der Waals surface area contributed by atoms with Crippen molar-refractivity contribution < 1.29 is 24.4 Å². The molecule has 0 aliphatic carbocycles. The van der Waals surface area contributed by atoms with E-state index in [0.29, 0.717) is 38.3 Å². The average Bonchev–Trinajstić information content (AvgIpc) is 2.74. The third-order valence-electron chi connectivity index (χ3n) is 3.96. The number of phenols is 1. The van der Waals surface area contributed by atoms with Crippen LogP contribution in [0.3, 0.4) is 0 Å². The zero-order valence-corrected chi connectivity index (χ0v) is 15.6. The first-order valence-corrected chi connectivity index (χ1v) is 8.46. The number of hydrogen-bond acceptors (Lipinski definition) is 13. The molecule has 0 saturated carbocycles. The predicted octanol–water partition coefficient (Wildman–Crippen LogP) is 0.685. The second-order valence-electron chi connectivity index (χ2n) is 5.83. The molecular weight excluding hydrogens is 404 g/mol. The van der Waals surface area contributed by atoms with E-state index < -0.39 is 27.0 Å². The van der Waals surface area contributed by atoms with Gasteiger partial charge in [-0.25, -0.2) is 5.43 Å². The fourth-order valence-corrected chi connectivity index (χ4v) is 2.52. The minimum atomic E-state index is -0.932. The van der Waals surface area contributed by atoms with E-state index in [0.717, 1.165) is 12.3 Å². The molecule has 1 aromatic heterocycles. The molecule has 158 valence electrons. The average molecular weight is 420 g/mol. The van der Waals surface area contributed by atoms with Gasteiger partial charge in [0.25, 0.3) is 11.6 Å². The highest BCUT2D eigenvalue weighted by Crippen LogP contribution is 2.33. The van der Waals surface area contributed by atoms with Crippen LogP contribution in [0, 0.1) is 20.2 Å². The molecule has 1 aliphatic heterocycles. The van der Waals surface area contributed by atoms with Crippen molar-refractivity contribution >= 4 is 29.5 Å². The van der Waals surface area contributed by atoms with Gasteiger partial charge in [0.05, 0.1) is 48.0 Å². The van der Waals surface area contributed by atoms with E-state index in [2.05, 4.69) is 25.5 Å². The number of nitro groups is 2. The van der Waals surface area contributed by atoms with Gasteiger partial charge < -0.3 is 19.5 Å². The molecule has 2 aromatic rings. The number of hydrogen-bond donors (Lipinski definition) is 2. The molecule has 0 bridgehead atoms. The Bertz CT molecular complexity index is 993.